The van der Waals surface area contributed by atoms with Gasteiger partial charge in [-0.25, -0.2) is 8.42 Å². The summed E-state index contributed by atoms with van der Waals surface area (Å²) in [5.41, 5.74) is 0.222. The molecule has 1 aromatic rings. The van der Waals surface area contributed by atoms with Crippen molar-refractivity contribution in [2.75, 3.05) is 40.0 Å². The van der Waals surface area contributed by atoms with E-state index in [0.29, 0.717) is 12.3 Å². The van der Waals surface area contributed by atoms with Crippen LogP contribution in [0.25, 0.3) is 0 Å². The van der Waals surface area contributed by atoms with Crippen molar-refractivity contribution in [3.05, 3.63) is 33.9 Å². The summed E-state index contributed by atoms with van der Waals surface area (Å²) in [7, 11) is 0.0314. The van der Waals surface area contributed by atoms with E-state index in [1.165, 1.54) is 25.3 Å². The fraction of sp³-hybridized carbons (Fsp3) is 0.500. The predicted octanol–water partition coefficient (Wildman–Crippen LogP) is 0.433. The van der Waals surface area contributed by atoms with Crippen molar-refractivity contribution in [2.45, 2.75) is 11.8 Å². The highest BCUT2D eigenvalue weighted by Gasteiger charge is 2.16. The van der Waals surface area contributed by atoms with Crippen molar-refractivity contribution in [2.24, 2.45) is 0 Å². The van der Waals surface area contributed by atoms with Gasteiger partial charge in [0.1, 0.15) is 5.75 Å². The van der Waals surface area contributed by atoms with Crippen LogP contribution >= 0.6 is 0 Å². The first-order chi connectivity index (χ1) is 11.5. The van der Waals surface area contributed by atoms with E-state index in [9.17, 15) is 13.2 Å². The molecule has 25 heavy (non-hydrogen) atoms. The molecular weight excluding hydrogens is 354 g/mol. The molecule has 0 atom stereocenters. The van der Waals surface area contributed by atoms with Crippen molar-refractivity contribution >= 4 is 15.7 Å². The molecule has 0 radical (unpaired) electrons. The zero-order valence-electron chi connectivity index (χ0n) is 14.6. The van der Waals surface area contributed by atoms with E-state index in [-0.39, 0.29) is 16.4 Å². The van der Waals surface area contributed by atoms with Crippen LogP contribution in [0.1, 0.15) is 17.3 Å². The minimum atomic E-state index is -3.37. The molecule has 1 aromatic carbocycles. The number of sulfone groups is 1. The molecule has 10 nitrogen and oxygen atoms in total. The Morgan fingerprint density at radius 2 is 2.00 bits per heavy atom. The third-order valence-corrected chi connectivity index (χ3v) is 4.27. The minimum absolute atomic E-state index is 0.0964. The Morgan fingerprint density at radius 3 is 2.44 bits per heavy atom. The molecule has 0 saturated heterocycles. The SMILES string of the molecule is CCN(C)CCNC(=O)c1cc(S(C)(=O)=O)ccc1OC.O=[N+]([O-])O. The Bertz CT molecular complexity index is 688. The third-order valence-electron chi connectivity index (χ3n) is 3.16. The molecule has 0 unspecified atom stereocenters. The van der Waals surface area contributed by atoms with Crippen LogP contribution in [0.3, 0.4) is 0 Å². The first-order valence-corrected chi connectivity index (χ1v) is 9.10. The quantitative estimate of drug-likeness (QED) is 0.515. The highest BCUT2D eigenvalue weighted by atomic mass is 32.2. The highest BCUT2D eigenvalue weighted by molar-refractivity contribution is 7.90. The first-order valence-electron chi connectivity index (χ1n) is 7.21. The van der Waals surface area contributed by atoms with Gasteiger partial charge in [0.15, 0.2) is 9.84 Å². The molecule has 1 rings (SSSR count). The van der Waals surface area contributed by atoms with Crippen molar-refractivity contribution in [3.8, 4) is 5.75 Å². The van der Waals surface area contributed by atoms with Gasteiger partial charge in [0.25, 0.3) is 11.0 Å². The maximum absolute atomic E-state index is 12.2. The van der Waals surface area contributed by atoms with Gasteiger partial charge in [0.2, 0.25) is 0 Å². The normalized spacial score (nSPS) is 10.6. The number of hydrogen-bond donors (Lipinski definition) is 2. The number of benzene rings is 1. The molecule has 142 valence electrons. The van der Waals surface area contributed by atoms with E-state index in [4.69, 9.17) is 20.1 Å². The fourth-order valence-corrected chi connectivity index (χ4v) is 2.36. The lowest BCUT2D eigenvalue weighted by Crippen LogP contribution is -2.33. The number of rotatable bonds is 7. The van der Waals surface area contributed by atoms with Gasteiger partial charge in [-0.2, -0.15) is 0 Å². The van der Waals surface area contributed by atoms with Gasteiger partial charge in [0.05, 0.1) is 17.6 Å². The van der Waals surface area contributed by atoms with Gasteiger partial charge < -0.3 is 20.2 Å². The van der Waals surface area contributed by atoms with E-state index in [1.54, 1.807) is 0 Å². The lowest BCUT2D eigenvalue weighted by molar-refractivity contribution is -0.742. The molecule has 2 N–H and O–H groups in total. The number of nitrogens with zero attached hydrogens (tertiary/aromatic N) is 2. The number of ether oxygens (including phenoxy) is 1. The van der Waals surface area contributed by atoms with Crippen LogP contribution in [0.5, 0.6) is 5.75 Å². The number of carbonyl (C=O) groups excluding carboxylic acids is 1. The van der Waals surface area contributed by atoms with Crippen LogP contribution in [0.2, 0.25) is 0 Å². The lowest BCUT2D eigenvalue weighted by Gasteiger charge is -2.15. The average Bonchev–Trinajstić information content (AvgIpc) is 2.52. The van der Waals surface area contributed by atoms with Gasteiger partial charge in [-0.3, -0.25) is 4.79 Å². The summed E-state index contributed by atoms with van der Waals surface area (Å²) < 4.78 is 28.3. The summed E-state index contributed by atoms with van der Waals surface area (Å²) in [4.78, 5) is 22.7. The highest BCUT2D eigenvalue weighted by Crippen LogP contribution is 2.22. The van der Waals surface area contributed by atoms with Crippen LogP contribution in [0.15, 0.2) is 23.1 Å². The maximum atomic E-state index is 12.2. The zero-order valence-corrected chi connectivity index (χ0v) is 15.4. The van der Waals surface area contributed by atoms with Gasteiger partial charge in [-0.1, -0.05) is 6.92 Å². The van der Waals surface area contributed by atoms with Gasteiger partial charge >= 0.3 is 0 Å². The molecule has 0 aromatic heterocycles. The second-order valence-corrected chi connectivity index (χ2v) is 7.04. The molecular formula is C14H23N3O7S. The largest absolute Gasteiger partial charge is 0.496 e. The van der Waals surface area contributed by atoms with Crippen molar-refractivity contribution < 1.29 is 28.2 Å². The molecule has 0 aliphatic carbocycles. The van der Waals surface area contributed by atoms with Crippen molar-refractivity contribution in [3.63, 3.8) is 0 Å². The number of methoxy groups -OCH3 is 1. The van der Waals surface area contributed by atoms with Crippen molar-refractivity contribution in [1.29, 1.82) is 0 Å². The molecule has 0 aliphatic rings. The predicted molar refractivity (Wildman–Crippen MR) is 90.4 cm³/mol. The Hall–Kier alpha value is -2.40. The summed E-state index contributed by atoms with van der Waals surface area (Å²) in [6, 6.07) is 4.26. The first kappa shape index (κ1) is 22.6. The second-order valence-electron chi connectivity index (χ2n) is 5.02. The Kier molecular flexibility index (Phi) is 9.46. The molecule has 11 heteroatoms. The van der Waals surface area contributed by atoms with Crippen LogP contribution in [0.4, 0.5) is 0 Å². The molecule has 0 aliphatic heterocycles. The van der Waals surface area contributed by atoms with Gasteiger partial charge in [0, 0.05) is 19.3 Å². The summed E-state index contributed by atoms with van der Waals surface area (Å²) in [5, 5.41) is 16.4. The van der Waals surface area contributed by atoms with Crippen LogP contribution in [-0.4, -0.2) is 69.6 Å². The zero-order chi connectivity index (χ0) is 19.6. The molecule has 0 heterocycles. The van der Waals surface area contributed by atoms with Gasteiger partial charge in [-0.05, 0) is 31.8 Å². The molecule has 0 fully saturated rings. The monoisotopic (exact) mass is 377 g/mol. The maximum Gasteiger partial charge on any atom is 0.291 e. The minimum Gasteiger partial charge on any atom is -0.496 e. The van der Waals surface area contributed by atoms with Crippen LogP contribution < -0.4 is 10.1 Å². The number of carbonyl (C=O) groups is 1. The summed E-state index contributed by atoms with van der Waals surface area (Å²) in [6.45, 7) is 4.12. The third kappa shape index (κ3) is 8.86. The Labute approximate surface area is 146 Å². The second kappa shape index (κ2) is 10.5. The van der Waals surface area contributed by atoms with E-state index < -0.39 is 14.9 Å². The average molecular weight is 377 g/mol. The number of hydrogen-bond acceptors (Lipinski definition) is 7. The lowest BCUT2D eigenvalue weighted by atomic mass is 10.2. The Balaban J connectivity index is 0.00000129. The summed E-state index contributed by atoms with van der Waals surface area (Å²) in [5.74, 6) is 0.00518. The van der Waals surface area contributed by atoms with E-state index in [0.717, 1.165) is 19.3 Å². The summed E-state index contributed by atoms with van der Waals surface area (Å²) >= 11 is 0. The molecule has 1 amide bonds. The van der Waals surface area contributed by atoms with E-state index in [1.807, 2.05) is 14.0 Å². The van der Waals surface area contributed by atoms with E-state index >= 15 is 0 Å². The fourth-order valence-electron chi connectivity index (χ4n) is 1.71. The Morgan fingerprint density at radius 1 is 1.44 bits per heavy atom. The topological polar surface area (TPSA) is 139 Å². The van der Waals surface area contributed by atoms with E-state index in [2.05, 4.69) is 10.2 Å². The number of amides is 1. The van der Waals surface area contributed by atoms with Crippen LogP contribution in [0, 0.1) is 10.1 Å². The number of likely N-dealkylation sites (N-methyl/N-ethyl adjacent to an activating group) is 1. The van der Waals surface area contributed by atoms with Crippen molar-refractivity contribution in [1.82, 2.24) is 10.2 Å². The molecule has 0 saturated carbocycles. The number of nitrogens with one attached hydrogen (secondary N) is 1. The standard InChI is InChI=1S/C14H22N2O4S.HNO3/c1-5-16(2)9-8-15-14(17)12-10-11(21(4,18)19)6-7-13(12)20-3;2-1(3)4/h6-7,10H,5,8-9H2,1-4H3,(H,15,17);(H,2,3,4). The smallest absolute Gasteiger partial charge is 0.291 e. The van der Waals surface area contributed by atoms with Gasteiger partial charge in [-0.15, -0.1) is 10.1 Å². The summed E-state index contributed by atoms with van der Waals surface area (Å²) in [6.07, 6.45) is 1.10. The molecule has 0 bridgehead atoms. The molecule has 0 spiro atoms. The van der Waals surface area contributed by atoms with Crippen LogP contribution in [-0.2, 0) is 9.84 Å².